The summed E-state index contributed by atoms with van der Waals surface area (Å²) in [6.07, 6.45) is 7.80. The first-order chi connectivity index (χ1) is 30.0. The summed E-state index contributed by atoms with van der Waals surface area (Å²) in [4.78, 5) is 43.1. The van der Waals surface area contributed by atoms with Crippen LogP contribution in [0.25, 0.3) is 0 Å². The van der Waals surface area contributed by atoms with E-state index in [4.69, 9.17) is 16.3 Å². The number of piperidine rings is 2. The molecule has 0 spiro atoms. The van der Waals surface area contributed by atoms with Crippen LogP contribution in [0.2, 0.25) is 5.02 Å². The number of ether oxygens (including phenoxy) is 1. The van der Waals surface area contributed by atoms with Crippen molar-refractivity contribution in [3.63, 3.8) is 0 Å². The number of hydrogen-bond acceptors (Lipinski definition) is 13. The quantitative estimate of drug-likeness (QED) is 0.143. The van der Waals surface area contributed by atoms with Crippen molar-refractivity contribution in [2.75, 3.05) is 104 Å². The van der Waals surface area contributed by atoms with Gasteiger partial charge in [-0.15, -0.1) is 0 Å². The van der Waals surface area contributed by atoms with Crippen LogP contribution in [0.1, 0.15) is 49.1 Å². The third-order valence-corrected chi connectivity index (χ3v) is 14.7. The van der Waals surface area contributed by atoms with E-state index in [-0.39, 0.29) is 17.7 Å². The van der Waals surface area contributed by atoms with Crippen molar-refractivity contribution in [3.8, 4) is 5.75 Å². The van der Waals surface area contributed by atoms with Crippen LogP contribution in [0.15, 0.2) is 66.9 Å². The first-order valence-corrected chi connectivity index (χ1v) is 24.0. The van der Waals surface area contributed by atoms with Crippen LogP contribution in [0.3, 0.4) is 0 Å². The van der Waals surface area contributed by atoms with Gasteiger partial charge in [0.05, 0.1) is 42.5 Å². The number of imide groups is 1. The van der Waals surface area contributed by atoms with Crippen molar-refractivity contribution >= 4 is 73.6 Å². The molecule has 17 heteroatoms. The lowest BCUT2D eigenvalue weighted by atomic mass is 9.90. The molecule has 62 heavy (non-hydrogen) atoms. The Morgan fingerprint density at radius 3 is 2.34 bits per heavy atom. The molecule has 0 saturated carbocycles. The van der Waals surface area contributed by atoms with E-state index < -0.39 is 10.0 Å². The van der Waals surface area contributed by atoms with Gasteiger partial charge in [0.2, 0.25) is 27.8 Å². The third-order valence-electron chi connectivity index (χ3n) is 13.2. The Hall–Kier alpha value is -5.16. The molecule has 3 N–H and O–H groups in total. The number of benzene rings is 3. The molecular formula is C45H55ClN10O5S. The number of amides is 2. The number of para-hydroxylation sites is 1. The summed E-state index contributed by atoms with van der Waals surface area (Å²) >= 11 is 6.54. The summed E-state index contributed by atoms with van der Waals surface area (Å²) in [5, 5.41) is 9.31. The van der Waals surface area contributed by atoms with Crippen molar-refractivity contribution in [1.29, 1.82) is 0 Å². The second-order valence-electron chi connectivity index (χ2n) is 17.2. The number of piperazine rings is 1. The molecule has 0 radical (unpaired) electrons. The number of anilines is 7. The standard InChI is InChI=1S/C45H55ClN10O5S/c1-61-40-26-35(10-12-38(40)49-45-47-27-37(46)43(51-45)48-39-5-3-4-32-15-21-56(42(32)39)62(2,59)60)53-19-16-34(17-20-53)54-24-22-52(23-25-54)18-14-30-28-55(29-30)33-8-6-31(7-9-33)36-11-13-41(57)50-44(36)58/h3-10,12,26-27,30,34,36H,11,13-25,28-29H2,1-2H3,(H,50,57,58)(H2,47,48,49,51). The van der Waals surface area contributed by atoms with E-state index in [1.807, 2.05) is 36.4 Å². The minimum absolute atomic E-state index is 0.176. The zero-order valence-corrected chi connectivity index (χ0v) is 36.9. The van der Waals surface area contributed by atoms with Crippen LogP contribution >= 0.6 is 11.6 Å². The molecule has 2 amide bonds. The highest BCUT2D eigenvalue weighted by Gasteiger charge is 2.33. The number of nitrogens with one attached hydrogen (secondary N) is 3. The number of fused-ring (bicyclic) bond motifs is 1. The molecule has 9 rings (SSSR count). The first kappa shape index (κ1) is 42.2. The van der Waals surface area contributed by atoms with Gasteiger partial charge in [-0.05, 0) is 86.0 Å². The van der Waals surface area contributed by atoms with E-state index in [0.717, 1.165) is 88.6 Å². The highest BCUT2D eigenvalue weighted by atomic mass is 35.5. The molecule has 6 heterocycles. The summed E-state index contributed by atoms with van der Waals surface area (Å²) in [7, 11) is -1.79. The topological polar surface area (TPSA) is 156 Å². The van der Waals surface area contributed by atoms with Crippen LogP contribution in [-0.4, -0.2) is 125 Å². The number of aromatic nitrogens is 2. The van der Waals surface area contributed by atoms with Crippen LogP contribution in [0, 0.1) is 5.92 Å². The Kier molecular flexibility index (Phi) is 12.2. The van der Waals surface area contributed by atoms with Gasteiger partial charge in [0.1, 0.15) is 10.8 Å². The molecule has 1 unspecified atom stereocenters. The molecule has 15 nitrogen and oxygen atoms in total. The Morgan fingerprint density at radius 1 is 0.855 bits per heavy atom. The normalized spacial score (nSPS) is 20.5. The van der Waals surface area contributed by atoms with E-state index in [1.54, 1.807) is 7.11 Å². The molecule has 4 aromatic rings. The number of hydrogen-bond donors (Lipinski definition) is 3. The van der Waals surface area contributed by atoms with E-state index in [2.05, 4.69) is 69.8 Å². The van der Waals surface area contributed by atoms with Crippen molar-refractivity contribution in [2.24, 2.45) is 5.92 Å². The summed E-state index contributed by atoms with van der Waals surface area (Å²) in [6.45, 7) is 10.1. The summed E-state index contributed by atoms with van der Waals surface area (Å²) in [5.74, 6) is 1.46. The summed E-state index contributed by atoms with van der Waals surface area (Å²) in [6, 6.07) is 20.7. The Labute approximate surface area is 368 Å². The smallest absolute Gasteiger partial charge is 0.234 e. The lowest BCUT2D eigenvalue weighted by molar-refractivity contribution is -0.134. The average molecular weight is 884 g/mol. The zero-order valence-electron chi connectivity index (χ0n) is 35.4. The molecule has 3 aromatic carbocycles. The van der Waals surface area contributed by atoms with Gasteiger partial charge in [0.25, 0.3) is 0 Å². The van der Waals surface area contributed by atoms with Crippen molar-refractivity contribution < 1.29 is 22.7 Å². The van der Waals surface area contributed by atoms with Gasteiger partial charge in [-0.25, -0.2) is 13.4 Å². The van der Waals surface area contributed by atoms with Gasteiger partial charge in [-0.2, -0.15) is 4.98 Å². The molecule has 0 aliphatic carbocycles. The minimum Gasteiger partial charge on any atom is -0.494 e. The fraction of sp³-hybridized carbons (Fsp3) is 0.467. The van der Waals surface area contributed by atoms with Crippen molar-refractivity contribution in [1.82, 2.24) is 25.1 Å². The maximum Gasteiger partial charge on any atom is 0.234 e. The average Bonchev–Trinajstić information content (AvgIpc) is 3.72. The lowest BCUT2D eigenvalue weighted by Gasteiger charge is -2.45. The van der Waals surface area contributed by atoms with Crippen LogP contribution in [0.4, 0.5) is 40.2 Å². The number of methoxy groups -OCH3 is 1. The van der Waals surface area contributed by atoms with E-state index in [1.165, 1.54) is 28.9 Å². The second kappa shape index (κ2) is 17.9. The monoisotopic (exact) mass is 882 g/mol. The van der Waals surface area contributed by atoms with Gasteiger partial charge in [-0.3, -0.25) is 24.1 Å². The van der Waals surface area contributed by atoms with Crippen molar-refractivity contribution in [2.45, 2.75) is 50.5 Å². The van der Waals surface area contributed by atoms with Crippen molar-refractivity contribution in [3.05, 3.63) is 83.0 Å². The highest BCUT2D eigenvalue weighted by molar-refractivity contribution is 7.92. The number of carbonyl (C=O) groups is 2. The van der Waals surface area contributed by atoms with E-state index in [9.17, 15) is 18.0 Å². The number of nitrogens with zero attached hydrogens (tertiary/aromatic N) is 7. The lowest BCUT2D eigenvalue weighted by Crippen LogP contribution is -2.54. The van der Waals surface area contributed by atoms with Gasteiger partial charge >= 0.3 is 0 Å². The summed E-state index contributed by atoms with van der Waals surface area (Å²) in [5.41, 5.74) is 6.18. The first-order valence-electron chi connectivity index (χ1n) is 21.7. The maximum absolute atomic E-state index is 12.5. The molecule has 0 bridgehead atoms. The molecule has 5 aliphatic rings. The SMILES string of the molecule is COc1cc(N2CCC(N3CCN(CCC4CN(c5ccc(C6CCC(=O)NC6=O)cc5)C4)CC3)CC2)ccc1Nc1ncc(Cl)c(Nc2cccc3c2N(S(C)(=O)=O)CC3)n1. The van der Waals surface area contributed by atoms with Crippen LogP contribution in [-0.2, 0) is 26.0 Å². The van der Waals surface area contributed by atoms with Gasteiger partial charge in [-0.1, -0.05) is 35.9 Å². The molecular weight excluding hydrogens is 828 g/mol. The third kappa shape index (κ3) is 9.15. The maximum atomic E-state index is 12.5. The van der Waals surface area contributed by atoms with Gasteiger partial charge < -0.3 is 30.1 Å². The Balaban J connectivity index is 0.719. The molecule has 4 fully saturated rings. The highest BCUT2D eigenvalue weighted by Crippen LogP contribution is 2.40. The number of halogens is 1. The van der Waals surface area contributed by atoms with Gasteiger partial charge in [0.15, 0.2) is 5.82 Å². The predicted octanol–water partition coefficient (Wildman–Crippen LogP) is 5.58. The fourth-order valence-corrected chi connectivity index (χ4v) is 10.8. The van der Waals surface area contributed by atoms with E-state index in [0.29, 0.717) is 77.4 Å². The molecule has 4 saturated heterocycles. The molecule has 328 valence electrons. The Morgan fingerprint density at radius 2 is 1.61 bits per heavy atom. The molecule has 5 aliphatic heterocycles. The Bertz CT molecular complexity index is 2400. The minimum atomic E-state index is -3.45. The van der Waals surface area contributed by atoms with Crippen LogP contribution in [0.5, 0.6) is 5.75 Å². The number of carbonyl (C=O) groups excluding carboxylic acids is 2. The second-order valence-corrected chi connectivity index (χ2v) is 19.5. The number of rotatable bonds is 13. The molecule has 1 aromatic heterocycles. The number of sulfonamides is 1. The fourth-order valence-electron chi connectivity index (χ4n) is 9.70. The largest absolute Gasteiger partial charge is 0.494 e. The van der Waals surface area contributed by atoms with Gasteiger partial charge in [0, 0.05) is 88.8 Å². The van der Waals surface area contributed by atoms with E-state index >= 15 is 0 Å². The van der Waals surface area contributed by atoms with Crippen LogP contribution < -0.4 is 34.8 Å². The molecule has 1 atom stereocenters. The zero-order chi connectivity index (χ0) is 43.0. The summed E-state index contributed by atoms with van der Waals surface area (Å²) < 4.78 is 32.3. The predicted molar refractivity (Wildman–Crippen MR) is 244 cm³/mol.